The highest BCUT2D eigenvalue weighted by molar-refractivity contribution is 6.30. The summed E-state index contributed by atoms with van der Waals surface area (Å²) in [5, 5.41) is 0. The Bertz CT molecular complexity index is 905. The van der Waals surface area contributed by atoms with E-state index in [2.05, 4.69) is 4.74 Å². The van der Waals surface area contributed by atoms with Crippen LogP contribution >= 0.6 is 0 Å². The Hall–Kier alpha value is -2.89. The predicted molar refractivity (Wildman–Crippen MR) is 95.0 cm³/mol. The molecule has 27 heavy (non-hydrogen) atoms. The monoisotopic (exact) mass is 374 g/mol. The first kappa shape index (κ1) is 18.9. The highest BCUT2D eigenvalue weighted by atomic mass is 19.4. The van der Waals surface area contributed by atoms with Crippen molar-refractivity contribution < 1.29 is 27.5 Å². The van der Waals surface area contributed by atoms with Gasteiger partial charge in [-0.3, -0.25) is 9.59 Å². The minimum atomic E-state index is -4.73. The van der Waals surface area contributed by atoms with Crippen LogP contribution in [0.15, 0.2) is 54.6 Å². The van der Waals surface area contributed by atoms with Crippen LogP contribution in [0.1, 0.15) is 25.8 Å². The van der Waals surface area contributed by atoms with E-state index in [-0.39, 0.29) is 23.7 Å². The van der Waals surface area contributed by atoms with Crippen LogP contribution < -0.4 is 4.74 Å². The molecule has 2 aromatic rings. The summed E-state index contributed by atoms with van der Waals surface area (Å²) in [6.07, 6.45) is -3.15. The zero-order valence-electron chi connectivity index (χ0n) is 14.8. The Morgan fingerprint density at radius 1 is 0.852 bits per heavy atom. The van der Waals surface area contributed by atoms with E-state index in [9.17, 15) is 22.8 Å². The molecule has 0 atom stereocenters. The lowest BCUT2D eigenvalue weighted by Gasteiger charge is -2.27. The number of allylic oxidation sites excluding steroid dienone is 2. The number of carbonyl (C=O) groups excluding carboxylic acids is 2. The van der Waals surface area contributed by atoms with E-state index >= 15 is 0 Å². The molecule has 0 fully saturated rings. The van der Waals surface area contributed by atoms with Crippen LogP contribution in [0.4, 0.5) is 13.2 Å². The number of hydrogen-bond acceptors (Lipinski definition) is 3. The minimum Gasteiger partial charge on any atom is -0.406 e. The van der Waals surface area contributed by atoms with Crippen molar-refractivity contribution in [2.45, 2.75) is 26.6 Å². The largest absolute Gasteiger partial charge is 0.573 e. The lowest BCUT2D eigenvalue weighted by atomic mass is 9.74. The molecule has 0 bridgehead atoms. The molecule has 0 aliphatic heterocycles. The number of hydrogen-bond donors (Lipinski definition) is 0. The second kappa shape index (κ2) is 6.68. The summed E-state index contributed by atoms with van der Waals surface area (Å²) in [5.41, 5.74) is 1.77. The van der Waals surface area contributed by atoms with Crippen LogP contribution in [0.25, 0.3) is 16.7 Å². The summed E-state index contributed by atoms with van der Waals surface area (Å²) in [7, 11) is 0. The number of rotatable bonds is 3. The summed E-state index contributed by atoms with van der Waals surface area (Å²) in [6, 6.07) is 12.5. The summed E-state index contributed by atoms with van der Waals surface area (Å²) in [4.78, 5) is 24.5. The molecule has 0 unspecified atom stereocenters. The van der Waals surface area contributed by atoms with E-state index in [0.29, 0.717) is 16.7 Å². The highest BCUT2D eigenvalue weighted by Crippen LogP contribution is 2.35. The molecule has 0 heterocycles. The molecule has 0 aromatic heterocycles. The molecule has 3 nitrogen and oxygen atoms in total. The quantitative estimate of drug-likeness (QED) is 0.741. The van der Waals surface area contributed by atoms with Gasteiger partial charge in [0.25, 0.3) is 0 Å². The smallest absolute Gasteiger partial charge is 0.406 e. The van der Waals surface area contributed by atoms with Crippen molar-refractivity contribution in [1.82, 2.24) is 0 Å². The minimum absolute atomic E-state index is 0.0801. The van der Waals surface area contributed by atoms with Gasteiger partial charge in [0.2, 0.25) is 0 Å². The van der Waals surface area contributed by atoms with Crippen molar-refractivity contribution in [3.8, 4) is 16.9 Å². The summed E-state index contributed by atoms with van der Waals surface area (Å²) >= 11 is 0. The maximum absolute atomic E-state index is 12.6. The molecule has 6 heteroatoms. The number of Topliss-reactive ketones (excluding diaryl/α,β-unsaturated/α-hetero) is 1. The van der Waals surface area contributed by atoms with Gasteiger partial charge in [-0.1, -0.05) is 50.2 Å². The summed E-state index contributed by atoms with van der Waals surface area (Å²) in [5.74, 6) is -0.455. The van der Waals surface area contributed by atoms with Gasteiger partial charge in [0, 0.05) is 17.4 Å². The second-order valence-corrected chi connectivity index (χ2v) is 7.06. The normalized spacial score (nSPS) is 16.9. The van der Waals surface area contributed by atoms with Gasteiger partial charge < -0.3 is 4.74 Å². The van der Waals surface area contributed by atoms with Crippen molar-refractivity contribution in [3.05, 3.63) is 60.2 Å². The zero-order chi connectivity index (χ0) is 19.8. The molecule has 1 aliphatic carbocycles. The van der Waals surface area contributed by atoms with Crippen molar-refractivity contribution in [2.75, 3.05) is 0 Å². The maximum Gasteiger partial charge on any atom is 0.573 e. The topological polar surface area (TPSA) is 43.4 Å². The number of halogens is 3. The molecular weight excluding hydrogens is 357 g/mol. The van der Waals surface area contributed by atoms with Gasteiger partial charge in [-0.05, 0) is 34.9 Å². The van der Waals surface area contributed by atoms with Gasteiger partial charge in [0.15, 0.2) is 11.6 Å². The van der Waals surface area contributed by atoms with E-state index in [1.54, 1.807) is 38.1 Å². The molecule has 0 radical (unpaired) electrons. The van der Waals surface area contributed by atoms with E-state index < -0.39 is 11.8 Å². The van der Waals surface area contributed by atoms with Gasteiger partial charge in [0.1, 0.15) is 5.75 Å². The number of alkyl halides is 3. The standard InChI is InChI=1S/C21H17F3O3/c1-20(2)12-16(25)11-18(19(20)26)15-5-3-13(4-6-15)14-7-9-17(10-8-14)27-21(22,23)24/h3-11H,12H2,1-2H3. The fourth-order valence-electron chi connectivity index (χ4n) is 3.06. The molecular formula is C21H17F3O3. The first-order chi connectivity index (χ1) is 12.5. The third kappa shape index (κ3) is 4.27. The first-order valence-electron chi connectivity index (χ1n) is 8.31. The molecule has 140 valence electrons. The van der Waals surface area contributed by atoms with E-state index in [0.717, 1.165) is 5.56 Å². The van der Waals surface area contributed by atoms with Crippen molar-refractivity contribution in [3.63, 3.8) is 0 Å². The van der Waals surface area contributed by atoms with Crippen LogP contribution in [0.5, 0.6) is 5.75 Å². The predicted octanol–water partition coefficient (Wildman–Crippen LogP) is 5.20. The highest BCUT2D eigenvalue weighted by Gasteiger charge is 2.36. The average Bonchev–Trinajstić information content (AvgIpc) is 2.57. The van der Waals surface area contributed by atoms with Crippen molar-refractivity contribution in [1.29, 1.82) is 0 Å². The fraction of sp³-hybridized carbons (Fsp3) is 0.238. The lowest BCUT2D eigenvalue weighted by molar-refractivity contribution is -0.274. The summed E-state index contributed by atoms with van der Waals surface area (Å²) < 4.78 is 40.5. The molecule has 0 N–H and O–H groups in total. The Morgan fingerprint density at radius 2 is 1.33 bits per heavy atom. The van der Waals surface area contributed by atoms with E-state index in [4.69, 9.17) is 0 Å². The van der Waals surface area contributed by atoms with Crippen molar-refractivity contribution >= 4 is 17.1 Å². The third-order valence-electron chi connectivity index (χ3n) is 4.40. The van der Waals surface area contributed by atoms with E-state index in [1.807, 2.05) is 0 Å². The van der Waals surface area contributed by atoms with Gasteiger partial charge in [-0.2, -0.15) is 0 Å². The summed E-state index contributed by atoms with van der Waals surface area (Å²) in [6.45, 7) is 3.50. The molecule has 2 aromatic carbocycles. The van der Waals surface area contributed by atoms with Crippen LogP contribution in [0.3, 0.4) is 0 Å². The Morgan fingerprint density at radius 3 is 1.85 bits per heavy atom. The van der Waals surface area contributed by atoms with Gasteiger partial charge in [-0.25, -0.2) is 0 Å². The Balaban J connectivity index is 1.84. The van der Waals surface area contributed by atoms with Gasteiger partial charge in [-0.15, -0.1) is 13.2 Å². The van der Waals surface area contributed by atoms with Crippen LogP contribution in [-0.4, -0.2) is 17.9 Å². The number of benzene rings is 2. The molecule has 1 aliphatic rings. The molecule has 0 saturated carbocycles. The van der Waals surface area contributed by atoms with Crippen LogP contribution in [-0.2, 0) is 9.59 Å². The van der Waals surface area contributed by atoms with Crippen molar-refractivity contribution in [2.24, 2.45) is 5.41 Å². The maximum atomic E-state index is 12.6. The average molecular weight is 374 g/mol. The van der Waals surface area contributed by atoms with Crippen LogP contribution in [0, 0.1) is 5.41 Å². The number of ether oxygens (including phenoxy) is 1. The molecule has 0 amide bonds. The first-order valence-corrected chi connectivity index (χ1v) is 8.31. The number of carbonyl (C=O) groups is 2. The lowest BCUT2D eigenvalue weighted by Crippen LogP contribution is -2.31. The van der Waals surface area contributed by atoms with Gasteiger partial charge >= 0.3 is 6.36 Å². The Labute approximate surface area is 154 Å². The fourth-order valence-corrected chi connectivity index (χ4v) is 3.06. The van der Waals surface area contributed by atoms with Crippen LogP contribution in [0.2, 0.25) is 0 Å². The molecule has 0 spiro atoms. The van der Waals surface area contributed by atoms with Gasteiger partial charge in [0.05, 0.1) is 0 Å². The Kier molecular flexibility index (Phi) is 4.68. The number of ketones is 2. The zero-order valence-corrected chi connectivity index (χ0v) is 14.8. The molecule has 0 saturated heterocycles. The van der Waals surface area contributed by atoms with E-state index in [1.165, 1.54) is 30.3 Å². The SMILES string of the molecule is CC1(C)CC(=O)C=C(c2ccc(-c3ccc(OC(F)(F)F)cc3)cc2)C1=O. The third-order valence-corrected chi connectivity index (χ3v) is 4.40. The molecule has 3 rings (SSSR count). The second-order valence-electron chi connectivity index (χ2n) is 7.06.